The number of furan rings is 1. The lowest BCUT2D eigenvalue weighted by Gasteiger charge is -2.34. The van der Waals surface area contributed by atoms with Gasteiger partial charge in [0, 0.05) is 55.0 Å². The Morgan fingerprint density at radius 1 is 0.435 bits per heavy atom. The van der Waals surface area contributed by atoms with Gasteiger partial charge in [0.1, 0.15) is 11.2 Å². The predicted molar refractivity (Wildman–Crippen MR) is 285 cm³/mol. The van der Waals surface area contributed by atoms with Crippen LogP contribution in [0.3, 0.4) is 0 Å². The van der Waals surface area contributed by atoms with Crippen LogP contribution in [0.4, 0.5) is 17.1 Å². The number of rotatable bonds is 5. The van der Waals surface area contributed by atoms with Gasteiger partial charge in [-0.2, -0.15) is 0 Å². The Balaban J connectivity index is 0.932. The Kier molecular flexibility index (Phi) is 8.09. The zero-order valence-electron chi connectivity index (χ0n) is 37.3. The number of aromatic nitrogens is 4. The highest BCUT2D eigenvalue weighted by molar-refractivity contribution is 6.16. The fourth-order valence-electron chi connectivity index (χ4n) is 11.2. The topological polar surface area (TPSA) is 60.0 Å². The molecular weight excluding hydrogens is 843 g/mol. The lowest BCUT2D eigenvalue weighted by Crippen LogP contribution is -2.15. The number of nitrogens with zero attached hydrogens (tertiary/aromatic N) is 5. The van der Waals surface area contributed by atoms with Gasteiger partial charge in [-0.3, -0.25) is 0 Å². The van der Waals surface area contributed by atoms with Gasteiger partial charge in [-0.15, -0.1) is 0 Å². The molecule has 0 atom stereocenters. The molecule has 13 aromatic rings. The molecule has 0 amide bonds. The van der Waals surface area contributed by atoms with E-state index >= 15 is 0 Å². The Morgan fingerprint density at radius 2 is 1.13 bits per heavy atom. The van der Waals surface area contributed by atoms with E-state index in [1.54, 1.807) is 0 Å². The van der Waals surface area contributed by atoms with Crippen molar-refractivity contribution in [1.29, 1.82) is 0 Å². The lowest BCUT2D eigenvalue weighted by molar-refractivity contribution is 0.669. The SMILES string of the molecule is C1=CCCC(n2c3ccccc3c3ccc(-c4nc(-c5ccc6ccc(N7c8cc9ccccc9cc8-c8cccc9cccc7c89)cc6c5)nc(-c5cccc6c5oc5ccccc56)n4)cc32)=C1. The molecule has 1 aliphatic carbocycles. The first-order chi connectivity index (χ1) is 34.2. The van der Waals surface area contributed by atoms with Crippen LogP contribution in [0, 0.1) is 0 Å². The van der Waals surface area contributed by atoms with Gasteiger partial charge in [0.15, 0.2) is 17.5 Å². The zero-order chi connectivity index (χ0) is 45.2. The smallest absolute Gasteiger partial charge is 0.167 e. The summed E-state index contributed by atoms with van der Waals surface area (Å²) in [6.45, 7) is 0. The lowest BCUT2D eigenvalue weighted by atomic mass is 9.89. The number of anilines is 3. The molecule has 0 unspecified atom stereocenters. The van der Waals surface area contributed by atoms with Crippen LogP contribution >= 0.6 is 0 Å². The van der Waals surface area contributed by atoms with Crippen LogP contribution in [-0.2, 0) is 0 Å². The van der Waals surface area contributed by atoms with Gasteiger partial charge in [0.2, 0.25) is 0 Å². The molecule has 69 heavy (non-hydrogen) atoms. The number of hydrogen-bond donors (Lipinski definition) is 0. The monoisotopic (exact) mass is 881 g/mol. The van der Waals surface area contributed by atoms with Gasteiger partial charge in [-0.1, -0.05) is 146 Å². The summed E-state index contributed by atoms with van der Waals surface area (Å²) < 4.78 is 9.02. The Hall–Kier alpha value is -9.13. The van der Waals surface area contributed by atoms with Gasteiger partial charge < -0.3 is 13.9 Å². The third-order valence-corrected chi connectivity index (χ3v) is 14.4. The molecule has 6 nitrogen and oxygen atoms in total. The van der Waals surface area contributed by atoms with E-state index in [9.17, 15) is 0 Å². The van der Waals surface area contributed by atoms with Crippen molar-refractivity contribution in [3.05, 3.63) is 212 Å². The van der Waals surface area contributed by atoms with Gasteiger partial charge in [-0.05, 0) is 112 Å². The first-order valence-electron chi connectivity index (χ1n) is 23.6. The molecule has 1 aliphatic heterocycles. The van der Waals surface area contributed by atoms with Crippen molar-refractivity contribution in [3.8, 4) is 45.3 Å². The molecule has 0 spiro atoms. The molecule has 3 aromatic heterocycles. The second-order valence-corrected chi connectivity index (χ2v) is 18.3. The highest BCUT2D eigenvalue weighted by atomic mass is 16.3. The van der Waals surface area contributed by atoms with Crippen molar-refractivity contribution < 1.29 is 4.42 Å². The van der Waals surface area contributed by atoms with E-state index in [4.69, 9.17) is 19.4 Å². The van der Waals surface area contributed by atoms with Crippen LogP contribution in [-0.4, -0.2) is 19.5 Å². The van der Waals surface area contributed by atoms with Crippen molar-refractivity contribution >= 4 is 98.8 Å². The molecule has 4 heterocycles. The van der Waals surface area contributed by atoms with Crippen LogP contribution in [0.15, 0.2) is 217 Å². The van der Waals surface area contributed by atoms with Crippen LogP contribution in [0.5, 0.6) is 0 Å². The molecule has 2 aliphatic rings. The van der Waals surface area contributed by atoms with Crippen molar-refractivity contribution in [2.24, 2.45) is 0 Å². The van der Waals surface area contributed by atoms with E-state index in [0.717, 1.165) is 79.1 Å². The Bertz CT molecular complexity index is 4390. The van der Waals surface area contributed by atoms with Gasteiger partial charge in [0.05, 0.1) is 28.0 Å². The number of allylic oxidation sites excluding steroid dienone is 4. The molecule has 0 radical (unpaired) electrons. The van der Waals surface area contributed by atoms with Crippen molar-refractivity contribution in [1.82, 2.24) is 19.5 Å². The summed E-state index contributed by atoms with van der Waals surface area (Å²) in [7, 11) is 0. The molecule has 0 fully saturated rings. The van der Waals surface area contributed by atoms with E-state index in [1.807, 2.05) is 12.1 Å². The molecule has 0 N–H and O–H groups in total. The molecule has 0 saturated heterocycles. The summed E-state index contributed by atoms with van der Waals surface area (Å²) in [5.41, 5.74) is 13.7. The Labute approximate surface area is 396 Å². The maximum atomic E-state index is 6.60. The van der Waals surface area contributed by atoms with Crippen molar-refractivity contribution in [3.63, 3.8) is 0 Å². The fourth-order valence-corrected chi connectivity index (χ4v) is 11.2. The van der Waals surface area contributed by atoms with Crippen LogP contribution in [0.25, 0.3) is 127 Å². The van der Waals surface area contributed by atoms with E-state index in [-0.39, 0.29) is 0 Å². The third kappa shape index (κ3) is 5.82. The highest BCUT2D eigenvalue weighted by Crippen LogP contribution is 2.52. The quantitative estimate of drug-likeness (QED) is 0.172. The largest absolute Gasteiger partial charge is 0.455 e. The molecule has 0 bridgehead atoms. The summed E-state index contributed by atoms with van der Waals surface area (Å²) in [5, 5.41) is 11.6. The first-order valence-corrected chi connectivity index (χ1v) is 23.6. The van der Waals surface area contributed by atoms with E-state index in [2.05, 4.69) is 210 Å². The molecule has 15 rings (SSSR count). The van der Waals surface area contributed by atoms with E-state index < -0.39 is 0 Å². The summed E-state index contributed by atoms with van der Waals surface area (Å²) >= 11 is 0. The van der Waals surface area contributed by atoms with Crippen LogP contribution < -0.4 is 4.90 Å². The Morgan fingerprint density at radius 3 is 2.01 bits per heavy atom. The second-order valence-electron chi connectivity index (χ2n) is 18.3. The minimum Gasteiger partial charge on any atom is -0.455 e. The van der Waals surface area contributed by atoms with Crippen molar-refractivity contribution in [2.45, 2.75) is 12.8 Å². The summed E-state index contributed by atoms with van der Waals surface area (Å²) in [4.78, 5) is 18.4. The minimum absolute atomic E-state index is 0.554. The molecule has 322 valence electrons. The number of benzene rings is 10. The van der Waals surface area contributed by atoms with E-state index in [0.29, 0.717) is 17.5 Å². The highest BCUT2D eigenvalue weighted by Gasteiger charge is 2.27. The fraction of sp³-hybridized carbons (Fsp3) is 0.0317. The standard InChI is InChI=1S/C63H39N5O/c1-2-17-45(18-3-1)67-54-24-8-6-19-47(54)48-32-30-43(37-56(48)67)62-64-61(65-63(66-62)52-23-12-22-51-49-20-7-9-26-58(49)69-60(51)52)42-28-27-38-29-31-46(34-44(38)33-42)68-55-25-11-16-39-15-10-21-50(59(39)55)53-35-40-13-4-5-14-41(40)36-57(53)68/h1-2,4-17,19-37H,3,18H2. The minimum atomic E-state index is 0.554. The van der Waals surface area contributed by atoms with Gasteiger partial charge in [-0.25, -0.2) is 15.0 Å². The van der Waals surface area contributed by atoms with E-state index in [1.165, 1.54) is 60.3 Å². The first kappa shape index (κ1) is 38.0. The number of fused-ring (bicyclic) bond motifs is 10. The maximum absolute atomic E-state index is 6.60. The van der Waals surface area contributed by atoms with Gasteiger partial charge >= 0.3 is 0 Å². The maximum Gasteiger partial charge on any atom is 0.167 e. The molecule has 6 heteroatoms. The average molecular weight is 882 g/mol. The number of para-hydroxylation sites is 3. The summed E-state index contributed by atoms with van der Waals surface area (Å²) in [5.74, 6) is 1.74. The third-order valence-electron chi connectivity index (χ3n) is 14.4. The van der Waals surface area contributed by atoms with Crippen LogP contribution in [0.1, 0.15) is 12.8 Å². The average Bonchev–Trinajstić information content (AvgIpc) is 3.96. The second kappa shape index (κ2) is 14.7. The molecule has 0 saturated carbocycles. The van der Waals surface area contributed by atoms with Crippen LogP contribution in [0.2, 0.25) is 0 Å². The summed E-state index contributed by atoms with van der Waals surface area (Å²) in [6.07, 6.45) is 8.62. The predicted octanol–water partition coefficient (Wildman–Crippen LogP) is 17.0. The zero-order valence-corrected chi connectivity index (χ0v) is 37.3. The molecular formula is C63H39N5O. The van der Waals surface area contributed by atoms with Gasteiger partial charge in [0.25, 0.3) is 0 Å². The summed E-state index contributed by atoms with van der Waals surface area (Å²) in [6, 6.07) is 69.7. The molecule has 10 aromatic carbocycles. The normalized spacial score (nSPS) is 13.4. The van der Waals surface area contributed by atoms with Crippen molar-refractivity contribution in [2.75, 3.05) is 4.90 Å². The number of hydrogen-bond acceptors (Lipinski definition) is 5.